The van der Waals surface area contributed by atoms with Crippen LogP contribution in [-0.2, 0) is 4.79 Å². The molecule has 1 atom stereocenters. The summed E-state index contributed by atoms with van der Waals surface area (Å²) in [6.45, 7) is 1.08. The van der Waals surface area contributed by atoms with Crippen molar-refractivity contribution in [2.75, 3.05) is 0 Å². The maximum Gasteiger partial charge on any atom is 0.300 e. The summed E-state index contributed by atoms with van der Waals surface area (Å²) in [6, 6.07) is 23.8. The molecule has 22 heavy (non-hydrogen) atoms. The Hall–Kier alpha value is -1.91. The van der Waals surface area contributed by atoms with Crippen LogP contribution in [-0.4, -0.2) is 30.4 Å². The summed E-state index contributed by atoms with van der Waals surface area (Å²) in [6.07, 6.45) is 0.841. The predicted octanol–water partition coefficient (Wildman–Crippen LogP) is 2.11. The third kappa shape index (κ3) is 3.84. The van der Waals surface area contributed by atoms with Crippen LogP contribution in [0.25, 0.3) is 0 Å². The maximum atomic E-state index is 10.0. The Morgan fingerprint density at radius 2 is 1.41 bits per heavy atom. The van der Waals surface area contributed by atoms with Gasteiger partial charge in [0.2, 0.25) is 0 Å². The second kappa shape index (κ2) is 7.38. The summed E-state index contributed by atoms with van der Waals surface area (Å²) in [7, 11) is -1.70. The van der Waals surface area contributed by atoms with Crippen LogP contribution in [0.4, 0.5) is 0 Å². The number of aliphatic carboxylic acids is 1. The number of aliphatic hydroxyl groups excluding tert-OH is 1. The number of rotatable bonds is 2. The molecular weight excluding hydrogens is 292 g/mol. The molecule has 0 amide bonds. The molecule has 0 spiro atoms. The van der Waals surface area contributed by atoms with Crippen LogP contribution in [0.5, 0.6) is 0 Å². The van der Waals surface area contributed by atoms with Gasteiger partial charge in [0.25, 0.3) is 5.97 Å². The van der Waals surface area contributed by atoms with Crippen molar-refractivity contribution in [1.29, 1.82) is 0 Å². The lowest BCUT2D eigenvalue weighted by Crippen LogP contribution is -2.56. The average molecular weight is 314 g/mol. The Morgan fingerprint density at radius 3 is 1.73 bits per heavy atom. The average Bonchev–Trinajstić information content (AvgIpc) is 2.92. The molecule has 3 nitrogen and oxygen atoms in total. The molecule has 0 saturated carbocycles. The van der Waals surface area contributed by atoms with Crippen molar-refractivity contribution in [3.63, 3.8) is 0 Å². The molecule has 1 aliphatic rings. The normalized spacial score (nSPS) is 19.1. The van der Waals surface area contributed by atoms with E-state index < -0.39 is 14.0 Å². The summed E-state index contributed by atoms with van der Waals surface area (Å²) in [5.41, 5.74) is 0. The Labute approximate surface area is 132 Å². The lowest BCUT2D eigenvalue weighted by molar-refractivity contribution is -0.134. The zero-order chi connectivity index (χ0) is 16.0. The maximum absolute atomic E-state index is 10.0. The summed E-state index contributed by atoms with van der Waals surface area (Å²) in [5, 5.41) is 20.4. The molecule has 0 radical (unpaired) electrons. The van der Waals surface area contributed by atoms with Gasteiger partial charge in [0, 0.05) is 6.92 Å². The molecule has 2 aromatic carbocycles. The fourth-order valence-corrected chi connectivity index (χ4v) is 8.31. The minimum atomic E-state index is -1.70. The van der Waals surface area contributed by atoms with E-state index in [4.69, 9.17) is 9.90 Å². The van der Waals surface area contributed by atoms with E-state index in [1.54, 1.807) is 0 Å². The number of carboxylic acids is 1. The van der Waals surface area contributed by atoms with Crippen LogP contribution in [0.15, 0.2) is 60.7 Å². The van der Waals surface area contributed by atoms with Gasteiger partial charge in [-0.1, -0.05) is 71.0 Å². The molecule has 1 aliphatic heterocycles. The predicted molar refractivity (Wildman–Crippen MR) is 91.5 cm³/mol. The van der Waals surface area contributed by atoms with Gasteiger partial charge in [-0.2, -0.15) is 0 Å². The number of hydrogen-bond donors (Lipinski definition) is 2. The second-order valence-corrected chi connectivity index (χ2v) is 9.96. The molecule has 4 heteroatoms. The number of hydrogen-bond acceptors (Lipinski definition) is 2. The monoisotopic (exact) mass is 314 g/mol. The van der Waals surface area contributed by atoms with E-state index in [0.717, 1.165) is 19.4 Å². The first kappa shape index (κ1) is 16.5. The van der Waals surface area contributed by atoms with Gasteiger partial charge in [-0.25, -0.2) is 0 Å². The molecule has 1 fully saturated rings. The lowest BCUT2D eigenvalue weighted by Gasteiger charge is -2.28. The van der Waals surface area contributed by atoms with Crippen molar-refractivity contribution in [2.24, 2.45) is 0 Å². The fourth-order valence-electron chi connectivity index (χ4n) is 3.22. The van der Waals surface area contributed by atoms with Gasteiger partial charge >= 0.3 is 0 Å². The first-order chi connectivity index (χ1) is 10.5. The summed E-state index contributed by atoms with van der Waals surface area (Å²) in [4.78, 5) is 9.00. The van der Waals surface area contributed by atoms with Crippen LogP contribution in [0.1, 0.15) is 13.3 Å². The van der Waals surface area contributed by atoms with E-state index in [1.807, 2.05) is 0 Å². The van der Waals surface area contributed by atoms with Gasteiger partial charge in [0.15, 0.2) is 0 Å². The number of carbonyl (C=O) groups is 1. The Bertz CT molecular complexity index is 555. The van der Waals surface area contributed by atoms with Crippen molar-refractivity contribution in [2.45, 2.75) is 31.5 Å². The fraction of sp³-hybridized carbons (Fsp3) is 0.278. The van der Waals surface area contributed by atoms with Crippen molar-refractivity contribution >= 4 is 24.4 Å². The molecule has 116 valence electrons. The molecule has 3 rings (SSSR count). The number of benzene rings is 2. The zero-order valence-corrected chi connectivity index (χ0v) is 13.8. The van der Waals surface area contributed by atoms with Crippen molar-refractivity contribution in [3.05, 3.63) is 60.7 Å². The van der Waals surface area contributed by atoms with Crippen LogP contribution >= 0.6 is 0 Å². The van der Waals surface area contributed by atoms with Crippen LogP contribution in [0.3, 0.4) is 0 Å². The molecule has 1 unspecified atom stereocenters. The quantitative estimate of drug-likeness (QED) is 0.835. The van der Waals surface area contributed by atoms with E-state index >= 15 is 0 Å². The van der Waals surface area contributed by atoms with Crippen molar-refractivity contribution in [3.8, 4) is 0 Å². The van der Waals surface area contributed by atoms with E-state index in [0.29, 0.717) is 0 Å². The minimum absolute atomic E-state index is 0.114. The van der Waals surface area contributed by atoms with E-state index in [2.05, 4.69) is 60.7 Å². The smallest absolute Gasteiger partial charge is 0.300 e. The molecule has 2 aromatic rings. The first-order valence-electron chi connectivity index (χ1n) is 7.53. The van der Waals surface area contributed by atoms with Crippen molar-refractivity contribution < 1.29 is 15.0 Å². The van der Waals surface area contributed by atoms with Gasteiger partial charge in [-0.3, -0.25) is 4.79 Å². The highest BCUT2D eigenvalue weighted by atomic mass is 28.3. The summed E-state index contributed by atoms with van der Waals surface area (Å²) < 4.78 is 0. The van der Waals surface area contributed by atoms with E-state index in [9.17, 15) is 5.11 Å². The molecule has 1 heterocycles. The van der Waals surface area contributed by atoms with Crippen LogP contribution in [0, 0.1) is 0 Å². The van der Waals surface area contributed by atoms with Gasteiger partial charge in [-0.15, -0.1) is 0 Å². The third-order valence-electron chi connectivity index (χ3n) is 4.14. The van der Waals surface area contributed by atoms with Gasteiger partial charge in [0.05, 0.1) is 6.10 Å². The largest absolute Gasteiger partial charge is 0.481 e. The zero-order valence-electron chi connectivity index (χ0n) is 12.8. The van der Waals surface area contributed by atoms with Crippen LogP contribution < -0.4 is 10.4 Å². The highest BCUT2D eigenvalue weighted by molar-refractivity contribution is 7.02. The molecule has 0 aliphatic carbocycles. The topological polar surface area (TPSA) is 57.5 Å². The third-order valence-corrected chi connectivity index (χ3v) is 9.33. The summed E-state index contributed by atoms with van der Waals surface area (Å²) in [5.74, 6) is -0.833. The van der Waals surface area contributed by atoms with E-state index in [-0.39, 0.29) is 6.10 Å². The molecule has 2 N–H and O–H groups in total. The van der Waals surface area contributed by atoms with Crippen molar-refractivity contribution in [1.82, 2.24) is 0 Å². The number of carboxylic acid groups (broad SMARTS) is 1. The standard InChI is InChI=1S/C16H18OSi.C2H4O2/c17-14-11-12-18(13-14,15-7-3-1-4-8-15)16-9-5-2-6-10-16;1-2(3)4/h1-10,14,17H,11-13H2;1H3,(H,3,4). The highest BCUT2D eigenvalue weighted by Crippen LogP contribution is 2.30. The number of aliphatic hydroxyl groups is 1. The van der Waals surface area contributed by atoms with Gasteiger partial charge < -0.3 is 10.2 Å². The minimum Gasteiger partial charge on any atom is -0.481 e. The molecule has 0 bridgehead atoms. The van der Waals surface area contributed by atoms with E-state index in [1.165, 1.54) is 16.4 Å². The van der Waals surface area contributed by atoms with Gasteiger partial charge in [-0.05, 0) is 18.5 Å². The Kier molecular flexibility index (Phi) is 5.52. The molecule has 0 aromatic heterocycles. The molecule has 1 saturated heterocycles. The summed E-state index contributed by atoms with van der Waals surface area (Å²) >= 11 is 0. The Morgan fingerprint density at radius 1 is 1.00 bits per heavy atom. The highest BCUT2D eigenvalue weighted by Gasteiger charge is 2.43. The second-order valence-electron chi connectivity index (χ2n) is 5.73. The first-order valence-corrected chi connectivity index (χ1v) is 9.95. The molecular formula is C18H22O3Si. The lowest BCUT2D eigenvalue weighted by atomic mass is 10.3. The van der Waals surface area contributed by atoms with Crippen LogP contribution in [0.2, 0.25) is 12.1 Å². The SMILES string of the molecule is CC(=O)O.OC1CC[Si](c2ccccc2)(c2ccccc2)C1. The van der Waals surface area contributed by atoms with Gasteiger partial charge in [0.1, 0.15) is 8.07 Å². The Balaban J connectivity index is 0.000000396.